The molecule has 0 radical (unpaired) electrons. The van der Waals surface area contributed by atoms with Crippen LogP contribution in [0.25, 0.3) is 0 Å². The normalized spacial score (nSPS) is 21.2. The van der Waals surface area contributed by atoms with E-state index in [0.29, 0.717) is 12.8 Å². The zero-order valence-electron chi connectivity index (χ0n) is 39.7. The SMILES string of the molecule is CCCCCCCCC/C=C/CC/C=C/CC/C=C/C(O)C(COC1OC(CO)C(O)C(OS(=O)(=O)O)C1O)NC(=O)C(O)CCCCCCCC/C=C\CCCCCCCCCC. The summed E-state index contributed by atoms with van der Waals surface area (Å²) >= 11 is 0. The minimum atomic E-state index is -5.13. The Hall–Kier alpha value is -1.98. The van der Waals surface area contributed by atoms with Crippen LogP contribution in [0.3, 0.4) is 0 Å². The minimum absolute atomic E-state index is 0.226. The predicted octanol–water partition coefficient (Wildman–Crippen LogP) is 9.41. The molecular formula is C50H91NO12S. The molecule has 0 saturated carbocycles. The summed E-state index contributed by atoms with van der Waals surface area (Å²) in [6.07, 6.45) is 37.6. The molecule has 1 fully saturated rings. The van der Waals surface area contributed by atoms with Crippen LogP contribution in [0.15, 0.2) is 48.6 Å². The predicted molar refractivity (Wildman–Crippen MR) is 256 cm³/mol. The Balaban J connectivity index is 2.58. The monoisotopic (exact) mass is 930 g/mol. The molecule has 0 aromatic carbocycles. The van der Waals surface area contributed by atoms with Gasteiger partial charge in [-0.15, -0.1) is 0 Å². The molecule has 1 saturated heterocycles. The number of amides is 1. The van der Waals surface area contributed by atoms with Gasteiger partial charge >= 0.3 is 10.4 Å². The van der Waals surface area contributed by atoms with Crippen molar-refractivity contribution in [2.75, 3.05) is 13.2 Å². The molecule has 0 aromatic heterocycles. The van der Waals surface area contributed by atoms with Gasteiger partial charge in [-0.3, -0.25) is 9.35 Å². The highest BCUT2D eigenvalue weighted by molar-refractivity contribution is 7.80. The van der Waals surface area contributed by atoms with E-state index >= 15 is 0 Å². The average Bonchev–Trinajstić information content (AvgIpc) is 3.27. The van der Waals surface area contributed by atoms with Gasteiger partial charge in [-0.25, -0.2) is 4.18 Å². The molecule has 8 unspecified atom stereocenters. The summed E-state index contributed by atoms with van der Waals surface area (Å²) in [6, 6.07) is -1.15. The van der Waals surface area contributed by atoms with Gasteiger partial charge in [-0.05, 0) is 70.6 Å². The van der Waals surface area contributed by atoms with E-state index in [0.717, 1.165) is 70.6 Å². The first kappa shape index (κ1) is 60.0. The maximum Gasteiger partial charge on any atom is 0.397 e. The number of hydrogen-bond acceptors (Lipinski definition) is 11. The maximum absolute atomic E-state index is 13.1. The van der Waals surface area contributed by atoms with Gasteiger partial charge in [0.2, 0.25) is 5.91 Å². The molecule has 1 aliphatic rings. The van der Waals surface area contributed by atoms with Crippen LogP contribution in [0.4, 0.5) is 0 Å². The van der Waals surface area contributed by atoms with Crippen LogP contribution in [-0.4, -0.2) is 107 Å². The molecule has 14 heteroatoms. The fraction of sp³-hybridized carbons (Fsp3) is 0.820. The first-order valence-electron chi connectivity index (χ1n) is 25.1. The van der Waals surface area contributed by atoms with E-state index < -0.39 is 78.5 Å². The highest BCUT2D eigenvalue weighted by Crippen LogP contribution is 2.26. The van der Waals surface area contributed by atoms with Crippen molar-refractivity contribution in [3.8, 4) is 0 Å². The van der Waals surface area contributed by atoms with Crippen molar-refractivity contribution < 1.29 is 57.0 Å². The second-order valence-corrected chi connectivity index (χ2v) is 18.6. The number of hydrogen-bond donors (Lipinski definition) is 7. The Morgan fingerprint density at radius 3 is 1.50 bits per heavy atom. The summed E-state index contributed by atoms with van der Waals surface area (Å²) in [4.78, 5) is 13.1. The molecule has 374 valence electrons. The number of unbranched alkanes of at least 4 members (excludes halogenated alkanes) is 23. The summed E-state index contributed by atoms with van der Waals surface area (Å²) in [6.45, 7) is 3.19. The Morgan fingerprint density at radius 2 is 1.05 bits per heavy atom. The molecule has 1 aliphatic heterocycles. The summed E-state index contributed by atoms with van der Waals surface area (Å²) < 4.78 is 47.6. The molecule has 0 aliphatic carbocycles. The smallest absolute Gasteiger partial charge is 0.394 e. The molecule has 13 nitrogen and oxygen atoms in total. The number of carbonyl (C=O) groups excluding carboxylic acids is 1. The van der Waals surface area contributed by atoms with Crippen molar-refractivity contribution in [2.24, 2.45) is 0 Å². The minimum Gasteiger partial charge on any atom is -0.394 e. The third-order valence-corrected chi connectivity index (χ3v) is 12.1. The Morgan fingerprint density at radius 1 is 0.625 bits per heavy atom. The van der Waals surface area contributed by atoms with Gasteiger partial charge in [0, 0.05) is 0 Å². The number of ether oxygens (including phenoxy) is 2. The van der Waals surface area contributed by atoms with Crippen molar-refractivity contribution in [3.63, 3.8) is 0 Å². The number of aliphatic hydroxyl groups excluding tert-OH is 5. The zero-order valence-corrected chi connectivity index (χ0v) is 40.5. The molecule has 1 rings (SSSR count). The maximum atomic E-state index is 13.1. The van der Waals surface area contributed by atoms with Crippen LogP contribution in [0.5, 0.6) is 0 Å². The number of nitrogens with one attached hydrogen (secondary N) is 1. The number of carbonyl (C=O) groups is 1. The van der Waals surface area contributed by atoms with Crippen molar-refractivity contribution >= 4 is 16.3 Å². The summed E-state index contributed by atoms with van der Waals surface area (Å²) in [7, 11) is -5.13. The van der Waals surface area contributed by atoms with Crippen molar-refractivity contribution in [2.45, 2.75) is 249 Å². The van der Waals surface area contributed by atoms with E-state index in [4.69, 9.17) is 9.47 Å². The lowest BCUT2D eigenvalue weighted by molar-refractivity contribution is -0.298. The quantitative estimate of drug-likeness (QED) is 0.0173. The Bertz CT molecular complexity index is 1340. The van der Waals surface area contributed by atoms with E-state index in [9.17, 15) is 43.3 Å². The first-order valence-corrected chi connectivity index (χ1v) is 26.5. The molecule has 0 spiro atoms. The summed E-state index contributed by atoms with van der Waals surface area (Å²) in [5, 5.41) is 55.3. The van der Waals surface area contributed by atoms with Crippen molar-refractivity contribution in [1.29, 1.82) is 0 Å². The molecule has 1 amide bonds. The zero-order chi connectivity index (χ0) is 47.1. The largest absolute Gasteiger partial charge is 0.397 e. The molecule has 0 bridgehead atoms. The van der Waals surface area contributed by atoms with Gasteiger partial charge in [0.25, 0.3) is 0 Å². The molecule has 1 heterocycles. The molecule has 7 N–H and O–H groups in total. The Labute approximate surface area is 388 Å². The second-order valence-electron chi connectivity index (χ2n) is 17.5. The van der Waals surface area contributed by atoms with Crippen LogP contribution in [0.2, 0.25) is 0 Å². The molecule has 64 heavy (non-hydrogen) atoms. The van der Waals surface area contributed by atoms with E-state index in [1.165, 1.54) is 102 Å². The molecule has 8 atom stereocenters. The lowest BCUT2D eigenvalue weighted by atomic mass is 9.99. The van der Waals surface area contributed by atoms with E-state index in [2.05, 4.69) is 59.8 Å². The van der Waals surface area contributed by atoms with Gasteiger partial charge in [0.1, 0.15) is 30.5 Å². The van der Waals surface area contributed by atoms with Gasteiger partial charge in [-0.1, -0.05) is 178 Å². The average molecular weight is 930 g/mol. The van der Waals surface area contributed by atoms with Crippen LogP contribution < -0.4 is 5.32 Å². The molecular weight excluding hydrogens is 839 g/mol. The van der Waals surface area contributed by atoms with Gasteiger partial charge in [-0.2, -0.15) is 8.42 Å². The van der Waals surface area contributed by atoms with Gasteiger partial charge < -0.3 is 40.3 Å². The highest BCUT2D eigenvalue weighted by Gasteiger charge is 2.48. The standard InChI is InChI=1S/C50H91NO12S/c1-3-5-7-9-11-13-15-17-19-21-23-25-27-29-31-33-35-37-39-44(54)49(57)51-42(41-61-50-47(56)48(63-64(58,59)60)46(55)45(40-52)62-50)43(53)38-36-34-32-30-28-26-24-22-20-18-16-14-12-10-8-6-4-2/h20-23,28,30,36,38,42-48,50,52-56H,3-19,24-27,29,31-35,37,39-41H2,1-2H3,(H,51,57)(H,58,59,60)/b22-20+,23-21-,30-28+,38-36+. The van der Waals surface area contributed by atoms with Crippen LogP contribution in [0.1, 0.15) is 200 Å². The summed E-state index contributed by atoms with van der Waals surface area (Å²) in [5.74, 6) is -0.722. The molecule has 0 aromatic rings. The number of rotatable bonds is 42. The van der Waals surface area contributed by atoms with Crippen LogP contribution in [-0.2, 0) is 28.9 Å². The Kier molecular flexibility index (Phi) is 37.6. The van der Waals surface area contributed by atoms with Crippen LogP contribution >= 0.6 is 0 Å². The van der Waals surface area contributed by atoms with Crippen molar-refractivity contribution in [1.82, 2.24) is 5.32 Å². The lowest BCUT2D eigenvalue weighted by Crippen LogP contribution is -2.61. The van der Waals surface area contributed by atoms with Crippen LogP contribution in [0, 0.1) is 0 Å². The van der Waals surface area contributed by atoms with Gasteiger partial charge in [0.05, 0.1) is 25.4 Å². The third-order valence-electron chi connectivity index (χ3n) is 11.7. The fourth-order valence-electron chi connectivity index (χ4n) is 7.66. The number of aliphatic hydroxyl groups is 5. The van der Waals surface area contributed by atoms with E-state index in [-0.39, 0.29) is 6.42 Å². The van der Waals surface area contributed by atoms with Gasteiger partial charge in [0.15, 0.2) is 6.29 Å². The third kappa shape index (κ3) is 31.9. The highest BCUT2D eigenvalue weighted by atomic mass is 32.3. The first-order chi connectivity index (χ1) is 30.9. The van der Waals surface area contributed by atoms with Crippen molar-refractivity contribution in [3.05, 3.63) is 48.6 Å². The van der Waals surface area contributed by atoms with E-state index in [1.54, 1.807) is 6.08 Å². The summed E-state index contributed by atoms with van der Waals surface area (Å²) in [5.41, 5.74) is 0. The number of allylic oxidation sites excluding steroid dienone is 7. The topological polar surface area (TPSA) is 212 Å². The van der Waals surface area contributed by atoms with E-state index in [1.807, 2.05) is 0 Å². The fourth-order valence-corrected chi connectivity index (χ4v) is 8.17. The lowest BCUT2D eigenvalue weighted by Gasteiger charge is -2.41. The second kappa shape index (κ2) is 40.1.